The molecule has 0 unspecified atom stereocenters. The molecular weight excluding hydrogens is 428 g/mol. The van der Waals surface area contributed by atoms with E-state index in [1.54, 1.807) is 45.0 Å². The highest BCUT2D eigenvalue weighted by atomic mass is 19.3. The van der Waals surface area contributed by atoms with Gasteiger partial charge < -0.3 is 10.6 Å². The van der Waals surface area contributed by atoms with Crippen LogP contribution in [0, 0.1) is 18.3 Å². The van der Waals surface area contributed by atoms with Crippen molar-refractivity contribution >= 4 is 23.2 Å². The Bertz CT molecular complexity index is 1250. The summed E-state index contributed by atoms with van der Waals surface area (Å²) in [7, 11) is 0. The van der Waals surface area contributed by atoms with Gasteiger partial charge in [-0.3, -0.25) is 9.78 Å². The fraction of sp³-hybridized carbons (Fsp3) is 0.304. The van der Waals surface area contributed by atoms with E-state index in [0.717, 1.165) is 6.92 Å². The molecule has 3 aromatic heterocycles. The predicted octanol–water partition coefficient (Wildman–Crippen LogP) is 4.86. The molecule has 0 saturated carbocycles. The van der Waals surface area contributed by atoms with Crippen LogP contribution in [0.4, 0.5) is 26.1 Å². The van der Waals surface area contributed by atoms with Crippen molar-refractivity contribution in [2.45, 2.75) is 46.0 Å². The van der Waals surface area contributed by atoms with Gasteiger partial charge in [-0.05, 0) is 32.9 Å². The Morgan fingerprint density at radius 2 is 1.82 bits per heavy atom. The first-order valence-electron chi connectivity index (χ1n) is 10.1. The van der Waals surface area contributed by atoms with Crippen molar-refractivity contribution in [3.8, 4) is 17.3 Å². The molecular formula is C23H23F2N7O. The van der Waals surface area contributed by atoms with Crippen LogP contribution >= 0.6 is 0 Å². The summed E-state index contributed by atoms with van der Waals surface area (Å²) < 4.78 is 27.7. The minimum atomic E-state index is -3.22. The van der Waals surface area contributed by atoms with Crippen LogP contribution < -0.4 is 10.6 Å². The molecule has 0 saturated heterocycles. The minimum Gasteiger partial charge on any atom is -0.339 e. The normalized spacial score (nSPS) is 11.6. The summed E-state index contributed by atoms with van der Waals surface area (Å²) in [5.74, 6) is -3.74. The summed E-state index contributed by atoms with van der Waals surface area (Å²) in [5, 5.41) is 15.1. The zero-order valence-corrected chi connectivity index (χ0v) is 18.9. The van der Waals surface area contributed by atoms with Gasteiger partial charge in [-0.2, -0.15) is 14.0 Å². The zero-order valence-electron chi connectivity index (χ0n) is 18.9. The fourth-order valence-corrected chi connectivity index (χ4v) is 2.97. The number of aromatic nitrogens is 4. The van der Waals surface area contributed by atoms with Crippen LogP contribution in [0.2, 0.25) is 0 Å². The average molecular weight is 451 g/mol. The molecule has 0 aliphatic rings. The Hall–Kier alpha value is -4.00. The molecule has 0 spiro atoms. The molecule has 8 nitrogen and oxygen atoms in total. The lowest BCUT2D eigenvalue weighted by atomic mass is 9.90. The molecule has 2 N–H and O–H groups in total. The number of carbonyl (C=O) groups excluding carboxylic acids is 1. The lowest BCUT2D eigenvalue weighted by molar-refractivity contribution is -0.114. The molecule has 0 atom stereocenters. The van der Waals surface area contributed by atoms with Crippen molar-refractivity contribution in [2.75, 3.05) is 10.6 Å². The number of hydrogen-bond donors (Lipinski definition) is 2. The van der Waals surface area contributed by atoms with Crippen LogP contribution in [-0.4, -0.2) is 25.8 Å². The van der Waals surface area contributed by atoms with Crippen LogP contribution in [-0.2, 0) is 16.1 Å². The number of rotatable bonds is 6. The maximum atomic E-state index is 13.8. The van der Waals surface area contributed by atoms with Crippen LogP contribution in [0.3, 0.4) is 0 Å². The third kappa shape index (κ3) is 5.63. The van der Waals surface area contributed by atoms with Gasteiger partial charge in [0.1, 0.15) is 11.6 Å². The number of aryl methyl sites for hydroxylation is 1. The molecule has 10 heteroatoms. The Labute approximate surface area is 190 Å². The summed E-state index contributed by atoms with van der Waals surface area (Å²) in [6, 6.07) is 10.6. The van der Waals surface area contributed by atoms with E-state index in [1.165, 1.54) is 19.2 Å². The van der Waals surface area contributed by atoms with Crippen molar-refractivity contribution < 1.29 is 13.6 Å². The van der Waals surface area contributed by atoms with Crippen LogP contribution in [0.25, 0.3) is 11.3 Å². The van der Waals surface area contributed by atoms with E-state index < -0.39 is 17.2 Å². The molecule has 0 bridgehead atoms. The second-order valence-corrected chi connectivity index (χ2v) is 8.17. The van der Waals surface area contributed by atoms with Gasteiger partial charge in [-0.25, -0.2) is 15.0 Å². The monoisotopic (exact) mass is 451 g/mol. The van der Waals surface area contributed by atoms with E-state index in [4.69, 9.17) is 0 Å². The Morgan fingerprint density at radius 1 is 1.09 bits per heavy atom. The smallest absolute Gasteiger partial charge is 0.303 e. The minimum absolute atomic E-state index is 0.147. The summed E-state index contributed by atoms with van der Waals surface area (Å²) in [4.78, 5) is 28.1. The standard InChI is InChI=1S/C23H23F2N7O/c1-13-9-20(32-21(28-13)23(5,24)25)31-17-10-19(29-14(2)33)27-11-15(17)16-7-6-8-18(30-16)22(3,4)12-26/h6-11H,1-5H3,(H2,27,28,29,31,32,33). The van der Waals surface area contributed by atoms with Gasteiger partial charge in [0.2, 0.25) is 11.7 Å². The van der Waals surface area contributed by atoms with Gasteiger partial charge in [0.05, 0.1) is 28.6 Å². The molecule has 0 aliphatic heterocycles. The topological polar surface area (TPSA) is 116 Å². The van der Waals surface area contributed by atoms with Crippen molar-refractivity contribution in [3.05, 3.63) is 53.7 Å². The van der Waals surface area contributed by atoms with Crippen molar-refractivity contribution in [2.24, 2.45) is 0 Å². The predicted molar refractivity (Wildman–Crippen MR) is 120 cm³/mol. The third-order valence-electron chi connectivity index (χ3n) is 4.66. The number of hydrogen-bond acceptors (Lipinski definition) is 7. The molecule has 1 amide bonds. The van der Waals surface area contributed by atoms with E-state index in [0.29, 0.717) is 28.3 Å². The van der Waals surface area contributed by atoms with Gasteiger partial charge >= 0.3 is 5.92 Å². The lowest BCUT2D eigenvalue weighted by Gasteiger charge is -2.18. The lowest BCUT2D eigenvalue weighted by Crippen LogP contribution is -2.16. The second-order valence-electron chi connectivity index (χ2n) is 8.17. The van der Waals surface area contributed by atoms with Crippen LogP contribution in [0.15, 0.2) is 36.5 Å². The van der Waals surface area contributed by atoms with E-state index in [1.807, 2.05) is 0 Å². The van der Waals surface area contributed by atoms with Gasteiger partial charge in [0.15, 0.2) is 0 Å². The largest absolute Gasteiger partial charge is 0.339 e. The number of nitriles is 1. The quantitative estimate of drug-likeness (QED) is 0.550. The molecule has 0 aromatic carbocycles. The highest BCUT2D eigenvalue weighted by Gasteiger charge is 2.29. The maximum absolute atomic E-state index is 13.8. The molecule has 0 fully saturated rings. The number of alkyl halides is 2. The highest BCUT2D eigenvalue weighted by Crippen LogP contribution is 2.33. The second kappa shape index (κ2) is 8.86. The van der Waals surface area contributed by atoms with E-state index in [2.05, 4.69) is 36.6 Å². The van der Waals surface area contributed by atoms with Gasteiger partial charge in [0, 0.05) is 43.4 Å². The maximum Gasteiger partial charge on any atom is 0.303 e. The van der Waals surface area contributed by atoms with Gasteiger partial charge in [-0.15, -0.1) is 0 Å². The van der Waals surface area contributed by atoms with Crippen molar-refractivity contribution in [1.29, 1.82) is 5.26 Å². The van der Waals surface area contributed by atoms with E-state index >= 15 is 0 Å². The van der Waals surface area contributed by atoms with Crippen LogP contribution in [0.5, 0.6) is 0 Å². The first-order chi connectivity index (χ1) is 15.4. The van der Waals surface area contributed by atoms with Crippen molar-refractivity contribution in [3.63, 3.8) is 0 Å². The molecule has 33 heavy (non-hydrogen) atoms. The van der Waals surface area contributed by atoms with E-state index in [-0.39, 0.29) is 17.5 Å². The van der Waals surface area contributed by atoms with Gasteiger partial charge in [0.25, 0.3) is 0 Å². The third-order valence-corrected chi connectivity index (χ3v) is 4.66. The molecule has 0 radical (unpaired) electrons. The van der Waals surface area contributed by atoms with E-state index in [9.17, 15) is 18.8 Å². The van der Waals surface area contributed by atoms with Crippen LogP contribution in [0.1, 0.15) is 44.9 Å². The Kier molecular flexibility index (Phi) is 6.35. The summed E-state index contributed by atoms with van der Waals surface area (Å²) in [6.07, 6.45) is 1.50. The fourth-order valence-electron chi connectivity index (χ4n) is 2.97. The first-order valence-corrected chi connectivity index (χ1v) is 10.1. The zero-order chi connectivity index (χ0) is 24.4. The summed E-state index contributed by atoms with van der Waals surface area (Å²) >= 11 is 0. The van der Waals surface area contributed by atoms with Gasteiger partial charge in [-0.1, -0.05) is 6.07 Å². The molecule has 3 aromatic rings. The number of carbonyl (C=O) groups is 1. The molecule has 3 rings (SSSR count). The highest BCUT2D eigenvalue weighted by molar-refractivity contribution is 5.89. The number of pyridine rings is 2. The summed E-state index contributed by atoms with van der Waals surface area (Å²) in [6.45, 7) is 7.18. The SMILES string of the molecule is CC(=O)Nc1cc(Nc2cc(C)nc(C(C)(F)F)n2)c(-c2cccc(C(C)(C)C#N)n2)cn1. The Morgan fingerprint density at radius 3 is 2.45 bits per heavy atom. The summed E-state index contributed by atoms with van der Waals surface area (Å²) in [5.41, 5.74) is 1.56. The Balaban J connectivity index is 2.13. The number of nitrogens with one attached hydrogen (secondary N) is 2. The average Bonchev–Trinajstić information content (AvgIpc) is 2.72. The first kappa shape index (κ1) is 23.7. The number of amides is 1. The molecule has 3 heterocycles. The number of anilines is 3. The number of halogens is 2. The molecule has 0 aliphatic carbocycles. The molecule has 170 valence electrons. The van der Waals surface area contributed by atoms with Crippen molar-refractivity contribution in [1.82, 2.24) is 19.9 Å². The number of nitrogens with zero attached hydrogens (tertiary/aromatic N) is 5.